The maximum Gasteiger partial charge on any atom is 0.186 e. The van der Waals surface area contributed by atoms with Crippen molar-refractivity contribution in [3.05, 3.63) is 65.2 Å². The van der Waals surface area contributed by atoms with Crippen molar-refractivity contribution >= 4 is 23.5 Å². The summed E-state index contributed by atoms with van der Waals surface area (Å²) in [5.41, 5.74) is 5.15. The van der Waals surface area contributed by atoms with E-state index in [0.717, 1.165) is 23.4 Å². The van der Waals surface area contributed by atoms with Gasteiger partial charge in [0, 0.05) is 12.1 Å². The van der Waals surface area contributed by atoms with Gasteiger partial charge in [-0.05, 0) is 55.0 Å². The lowest BCUT2D eigenvalue weighted by Gasteiger charge is -2.07. The molecule has 0 fully saturated rings. The first-order valence-corrected chi connectivity index (χ1v) is 7.91. The number of thiocarbonyl (C=S) groups is 1. The van der Waals surface area contributed by atoms with E-state index in [-0.39, 0.29) is 0 Å². The molecule has 0 atom stereocenters. The molecule has 2 aromatic rings. The van der Waals surface area contributed by atoms with Crippen LogP contribution in [0.3, 0.4) is 0 Å². The second kappa shape index (κ2) is 9.28. The van der Waals surface area contributed by atoms with E-state index in [1.807, 2.05) is 49.4 Å². The van der Waals surface area contributed by atoms with Crippen LogP contribution in [0.2, 0.25) is 0 Å². The summed E-state index contributed by atoms with van der Waals surface area (Å²) in [7, 11) is 0. The predicted molar refractivity (Wildman–Crippen MR) is 98.9 cm³/mol. The third-order valence-corrected chi connectivity index (χ3v) is 3.36. The van der Waals surface area contributed by atoms with Crippen LogP contribution in [-0.4, -0.2) is 17.9 Å². The summed E-state index contributed by atoms with van der Waals surface area (Å²) < 4.78 is 5.72. The van der Waals surface area contributed by atoms with Gasteiger partial charge in [-0.1, -0.05) is 18.2 Å². The molecule has 6 heteroatoms. The van der Waals surface area contributed by atoms with Crippen molar-refractivity contribution in [1.82, 2.24) is 10.7 Å². The van der Waals surface area contributed by atoms with Gasteiger partial charge in [0.15, 0.2) is 5.11 Å². The monoisotopic (exact) mass is 338 g/mol. The number of rotatable bonds is 6. The smallest absolute Gasteiger partial charge is 0.186 e. The summed E-state index contributed by atoms with van der Waals surface area (Å²) in [5.74, 6) is 0.732. The molecule has 0 aliphatic rings. The van der Waals surface area contributed by atoms with Gasteiger partial charge in [-0.3, -0.25) is 5.43 Å². The number of hydrogen-bond acceptors (Lipinski definition) is 4. The normalized spacial score (nSPS) is 10.2. The van der Waals surface area contributed by atoms with Gasteiger partial charge in [-0.15, -0.1) is 0 Å². The Hall–Kier alpha value is -2.91. The summed E-state index contributed by atoms with van der Waals surface area (Å²) in [6.07, 6.45) is 1.68. The molecule has 24 heavy (non-hydrogen) atoms. The lowest BCUT2D eigenvalue weighted by molar-refractivity contribution is 0.306. The third kappa shape index (κ3) is 5.38. The van der Waals surface area contributed by atoms with Crippen LogP contribution in [0.25, 0.3) is 0 Å². The summed E-state index contributed by atoms with van der Waals surface area (Å²) in [6, 6.07) is 17.1. The third-order valence-electron chi connectivity index (χ3n) is 3.13. The standard InChI is InChI=1S/C18H18N4OS/c1-2-20-18(24)22-21-12-14-7-9-17(10-8-14)23-13-16-6-4-3-5-15(16)11-19/h3-10,12H,2,13H2,1H3,(H2,20,22,24)/b21-12-. The topological polar surface area (TPSA) is 69.4 Å². The molecular formula is C18H18N4OS. The number of nitrogens with one attached hydrogen (secondary N) is 2. The number of benzene rings is 2. The molecule has 0 bridgehead atoms. The second-order valence-corrected chi connectivity index (χ2v) is 5.26. The van der Waals surface area contributed by atoms with Crippen LogP contribution >= 0.6 is 12.2 Å². The van der Waals surface area contributed by atoms with E-state index >= 15 is 0 Å². The van der Waals surface area contributed by atoms with Crippen LogP contribution in [-0.2, 0) is 6.61 Å². The molecule has 0 saturated heterocycles. The SMILES string of the molecule is CCNC(=S)N/N=C\c1ccc(OCc2ccccc2C#N)cc1. The minimum absolute atomic E-state index is 0.357. The zero-order valence-corrected chi connectivity index (χ0v) is 14.1. The summed E-state index contributed by atoms with van der Waals surface area (Å²) in [5, 5.41) is 16.6. The fraction of sp³-hybridized carbons (Fsp3) is 0.167. The van der Waals surface area contributed by atoms with Crippen LogP contribution in [0, 0.1) is 11.3 Å². The fourth-order valence-corrected chi connectivity index (χ4v) is 2.13. The van der Waals surface area contributed by atoms with Crippen LogP contribution < -0.4 is 15.5 Å². The molecule has 0 saturated carbocycles. The molecule has 0 radical (unpaired) electrons. The Balaban J connectivity index is 1.89. The van der Waals surface area contributed by atoms with Crippen LogP contribution in [0.5, 0.6) is 5.75 Å². The summed E-state index contributed by atoms with van der Waals surface area (Å²) in [6.45, 7) is 3.07. The quantitative estimate of drug-likeness (QED) is 0.481. The van der Waals surface area contributed by atoms with Gasteiger partial charge >= 0.3 is 0 Å². The van der Waals surface area contributed by atoms with Gasteiger partial charge in [-0.25, -0.2) is 0 Å². The molecule has 2 N–H and O–H groups in total. The first-order chi connectivity index (χ1) is 11.7. The highest BCUT2D eigenvalue weighted by Crippen LogP contribution is 2.15. The Morgan fingerprint density at radius 2 is 2.00 bits per heavy atom. The molecule has 0 aromatic heterocycles. The second-order valence-electron chi connectivity index (χ2n) is 4.86. The van der Waals surface area contributed by atoms with Crippen molar-refractivity contribution in [2.45, 2.75) is 13.5 Å². The van der Waals surface area contributed by atoms with Crippen LogP contribution in [0.1, 0.15) is 23.6 Å². The molecule has 0 aliphatic carbocycles. The average Bonchev–Trinajstić information content (AvgIpc) is 2.61. The molecule has 2 aromatic carbocycles. The molecule has 2 rings (SSSR count). The zero-order valence-electron chi connectivity index (χ0n) is 13.3. The van der Waals surface area contributed by atoms with Crippen molar-refractivity contribution in [3.8, 4) is 11.8 Å². The molecule has 0 aliphatic heterocycles. The first kappa shape index (κ1) is 17.4. The molecule has 0 amide bonds. The molecule has 122 valence electrons. The molecule has 5 nitrogen and oxygen atoms in total. The lowest BCUT2D eigenvalue weighted by Crippen LogP contribution is -2.31. The van der Waals surface area contributed by atoms with E-state index in [2.05, 4.69) is 21.9 Å². The van der Waals surface area contributed by atoms with Gasteiger partial charge in [-0.2, -0.15) is 10.4 Å². The number of ether oxygens (including phenoxy) is 1. The Bertz CT molecular complexity index is 750. The number of hydrazone groups is 1. The van der Waals surface area contributed by atoms with E-state index in [0.29, 0.717) is 17.3 Å². The Morgan fingerprint density at radius 3 is 2.71 bits per heavy atom. The predicted octanol–water partition coefficient (Wildman–Crippen LogP) is 2.96. The average molecular weight is 338 g/mol. The largest absolute Gasteiger partial charge is 0.489 e. The van der Waals surface area contributed by atoms with Crippen LogP contribution in [0.4, 0.5) is 0 Å². The Kier molecular flexibility index (Phi) is 6.74. The van der Waals surface area contributed by atoms with E-state index < -0.39 is 0 Å². The maximum absolute atomic E-state index is 9.07. The van der Waals surface area contributed by atoms with Gasteiger partial charge in [0.05, 0.1) is 17.8 Å². The maximum atomic E-state index is 9.07. The van der Waals surface area contributed by atoms with E-state index in [4.69, 9.17) is 22.2 Å². The summed E-state index contributed by atoms with van der Waals surface area (Å²) in [4.78, 5) is 0. The molecule has 0 unspecified atom stereocenters. The summed E-state index contributed by atoms with van der Waals surface area (Å²) >= 11 is 5.01. The van der Waals surface area contributed by atoms with Gasteiger partial charge in [0.1, 0.15) is 12.4 Å². The Labute approximate surface area is 147 Å². The van der Waals surface area contributed by atoms with Crippen molar-refractivity contribution in [2.75, 3.05) is 6.54 Å². The minimum Gasteiger partial charge on any atom is -0.489 e. The van der Waals surface area contributed by atoms with Gasteiger partial charge < -0.3 is 10.1 Å². The van der Waals surface area contributed by atoms with Crippen molar-refractivity contribution in [3.63, 3.8) is 0 Å². The van der Waals surface area contributed by atoms with Crippen molar-refractivity contribution < 1.29 is 4.74 Å². The molecule has 0 spiro atoms. The van der Waals surface area contributed by atoms with E-state index in [9.17, 15) is 0 Å². The highest BCUT2D eigenvalue weighted by atomic mass is 32.1. The highest BCUT2D eigenvalue weighted by molar-refractivity contribution is 7.80. The lowest BCUT2D eigenvalue weighted by atomic mass is 10.1. The van der Waals surface area contributed by atoms with Gasteiger partial charge in [0.2, 0.25) is 0 Å². The minimum atomic E-state index is 0.357. The fourth-order valence-electron chi connectivity index (χ4n) is 1.93. The Morgan fingerprint density at radius 1 is 1.25 bits per heavy atom. The van der Waals surface area contributed by atoms with Crippen molar-refractivity contribution in [2.24, 2.45) is 5.10 Å². The first-order valence-electron chi connectivity index (χ1n) is 7.50. The van der Waals surface area contributed by atoms with E-state index in [1.165, 1.54) is 0 Å². The number of nitriles is 1. The molecule has 0 heterocycles. The molecular weight excluding hydrogens is 320 g/mol. The van der Waals surface area contributed by atoms with Crippen molar-refractivity contribution in [1.29, 1.82) is 5.26 Å². The number of hydrogen-bond donors (Lipinski definition) is 2. The van der Waals surface area contributed by atoms with Crippen LogP contribution in [0.15, 0.2) is 53.6 Å². The van der Waals surface area contributed by atoms with E-state index in [1.54, 1.807) is 12.3 Å². The number of nitrogens with zero attached hydrogens (tertiary/aromatic N) is 2. The zero-order chi connectivity index (χ0) is 17.2. The van der Waals surface area contributed by atoms with Gasteiger partial charge in [0.25, 0.3) is 0 Å². The highest BCUT2D eigenvalue weighted by Gasteiger charge is 2.02.